The van der Waals surface area contributed by atoms with E-state index in [4.69, 9.17) is 0 Å². The Morgan fingerprint density at radius 1 is 1.48 bits per heavy atom. The fraction of sp³-hybridized carbons (Fsp3) is 0.471. The number of carbonyl (C=O) groups is 1. The highest BCUT2D eigenvalue weighted by molar-refractivity contribution is 5.92. The van der Waals surface area contributed by atoms with Crippen LogP contribution in [0, 0.1) is 6.92 Å². The van der Waals surface area contributed by atoms with Gasteiger partial charge in [0.15, 0.2) is 5.69 Å². The minimum Gasteiger partial charge on any atom is -0.333 e. The van der Waals surface area contributed by atoms with Crippen LogP contribution in [0.4, 0.5) is 0 Å². The zero-order chi connectivity index (χ0) is 16.2. The molecular formula is C17H23N5O. The number of benzene rings is 1. The van der Waals surface area contributed by atoms with Crippen molar-refractivity contribution in [2.24, 2.45) is 0 Å². The molecule has 1 atom stereocenters. The van der Waals surface area contributed by atoms with Crippen LogP contribution < -0.4 is 5.32 Å². The molecule has 1 aliphatic rings. The number of amides is 1. The molecule has 122 valence electrons. The lowest BCUT2D eigenvalue weighted by Crippen LogP contribution is -2.42. The molecule has 1 N–H and O–H groups in total. The highest BCUT2D eigenvalue weighted by atomic mass is 16.2. The van der Waals surface area contributed by atoms with Crippen LogP contribution in [0.15, 0.2) is 30.5 Å². The monoisotopic (exact) mass is 313 g/mol. The van der Waals surface area contributed by atoms with E-state index in [0.29, 0.717) is 5.69 Å². The normalized spacial score (nSPS) is 17.4. The van der Waals surface area contributed by atoms with E-state index in [1.807, 2.05) is 36.1 Å². The van der Waals surface area contributed by atoms with Crippen LogP contribution in [-0.2, 0) is 0 Å². The fourth-order valence-electron chi connectivity index (χ4n) is 3.00. The second-order valence-electron chi connectivity index (χ2n) is 6.03. The van der Waals surface area contributed by atoms with Gasteiger partial charge in [-0.25, -0.2) is 4.68 Å². The van der Waals surface area contributed by atoms with Crippen molar-refractivity contribution in [1.82, 2.24) is 25.2 Å². The zero-order valence-electron chi connectivity index (χ0n) is 13.7. The van der Waals surface area contributed by atoms with Gasteiger partial charge in [0.2, 0.25) is 0 Å². The van der Waals surface area contributed by atoms with Crippen LogP contribution in [-0.4, -0.2) is 51.5 Å². The number of nitrogens with one attached hydrogen (secondary N) is 1. The van der Waals surface area contributed by atoms with Gasteiger partial charge in [0.1, 0.15) is 0 Å². The van der Waals surface area contributed by atoms with Gasteiger partial charge in [-0.15, -0.1) is 5.10 Å². The summed E-state index contributed by atoms with van der Waals surface area (Å²) < 4.78 is 1.66. The molecule has 1 fully saturated rings. The first-order chi connectivity index (χ1) is 11.2. The third kappa shape index (κ3) is 3.42. The minimum absolute atomic E-state index is 0.0283. The highest BCUT2D eigenvalue weighted by Gasteiger charge is 2.28. The lowest BCUT2D eigenvalue weighted by Gasteiger charge is -2.27. The second-order valence-corrected chi connectivity index (χ2v) is 6.03. The SMILES string of the molecule is CCCN(C(=O)c1cn(-c2cccc(C)c2)nn1)C1CCNC1. The Morgan fingerprint density at radius 3 is 3.04 bits per heavy atom. The Balaban J connectivity index is 1.81. The van der Waals surface area contributed by atoms with Gasteiger partial charge >= 0.3 is 0 Å². The van der Waals surface area contributed by atoms with Crippen LogP contribution in [0.5, 0.6) is 0 Å². The molecule has 2 aromatic rings. The average Bonchev–Trinajstić information content (AvgIpc) is 3.23. The molecule has 0 bridgehead atoms. The van der Waals surface area contributed by atoms with Crippen molar-refractivity contribution in [1.29, 1.82) is 0 Å². The lowest BCUT2D eigenvalue weighted by atomic mass is 10.2. The van der Waals surface area contributed by atoms with Gasteiger partial charge < -0.3 is 10.2 Å². The van der Waals surface area contributed by atoms with E-state index in [2.05, 4.69) is 22.6 Å². The molecule has 0 radical (unpaired) electrons. The van der Waals surface area contributed by atoms with E-state index in [1.165, 1.54) is 0 Å². The molecule has 1 saturated heterocycles. The Hall–Kier alpha value is -2.21. The standard InChI is InChI=1S/C17H23N5O/c1-3-9-21(15-7-8-18-11-15)17(23)16-12-22(20-19-16)14-6-4-5-13(2)10-14/h4-6,10,12,15,18H,3,7-9,11H2,1-2H3. The van der Waals surface area contributed by atoms with E-state index >= 15 is 0 Å². The van der Waals surface area contributed by atoms with Gasteiger partial charge in [0.05, 0.1) is 11.9 Å². The van der Waals surface area contributed by atoms with E-state index in [-0.39, 0.29) is 11.9 Å². The molecule has 1 amide bonds. The lowest BCUT2D eigenvalue weighted by molar-refractivity contribution is 0.0686. The molecule has 1 unspecified atom stereocenters. The van der Waals surface area contributed by atoms with Crippen LogP contribution in [0.1, 0.15) is 35.8 Å². The number of nitrogens with zero attached hydrogens (tertiary/aromatic N) is 4. The molecule has 6 heteroatoms. The molecule has 23 heavy (non-hydrogen) atoms. The summed E-state index contributed by atoms with van der Waals surface area (Å²) >= 11 is 0. The van der Waals surface area contributed by atoms with Crippen LogP contribution in [0.2, 0.25) is 0 Å². The summed E-state index contributed by atoms with van der Waals surface area (Å²) in [6, 6.07) is 8.24. The maximum Gasteiger partial charge on any atom is 0.276 e. The Morgan fingerprint density at radius 2 is 2.35 bits per heavy atom. The highest BCUT2D eigenvalue weighted by Crippen LogP contribution is 2.14. The molecule has 3 rings (SSSR count). The van der Waals surface area contributed by atoms with Crippen molar-refractivity contribution >= 4 is 5.91 Å². The van der Waals surface area contributed by atoms with Crippen LogP contribution >= 0.6 is 0 Å². The molecular weight excluding hydrogens is 290 g/mol. The number of aromatic nitrogens is 3. The zero-order valence-corrected chi connectivity index (χ0v) is 13.7. The summed E-state index contributed by atoms with van der Waals surface area (Å²) in [5.74, 6) is -0.0283. The van der Waals surface area contributed by atoms with Gasteiger partial charge in [-0.3, -0.25) is 4.79 Å². The second kappa shape index (κ2) is 6.91. The number of rotatable bonds is 5. The van der Waals surface area contributed by atoms with Crippen molar-refractivity contribution in [3.05, 3.63) is 41.7 Å². The maximum absolute atomic E-state index is 12.8. The summed E-state index contributed by atoms with van der Waals surface area (Å²) in [6.45, 7) is 6.70. The Bertz CT molecular complexity index is 675. The van der Waals surface area contributed by atoms with Crippen molar-refractivity contribution in [2.75, 3.05) is 19.6 Å². The molecule has 1 aromatic carbocycles. The van der Waals surface area contributed by atoms with Crippen LogP contribution in [0.25, 0.3) is 5.69 Å². The van der Waals surface area contributed by atoms with Crippen molar-refractivity contribution in [3.63, 3.8) is 0 Å². The van der Waals surface area contributed by atoms with Gasteiger partial charge in [0.25, 0.3) is 5.91 Å². The Kier molecular flexibility index (Phi) is 4.71. The molecule has 1 aromatic heterocycles. The third-order valence-corrected chi connectivity index (χ3v) is 4.18. The first-order valence-corrected chi connectivity index (χ1v) is 8.20. The summed E-state index contributed by atoms with van der Waals surface area (Å²) in [5, 5.41) is 11.5. The van der Waals surface area contributed by atoms with Gasteiger partial charge in [-0.1, -0.05) is 24.3 Å². The topological polar surface area (TPSA) is 63.1 Å². The quantitative estimate of drug-likeness (QED) is 0.914. The molecule has 2 heterocycles. The van der Waals surface area contributed by atoms with Crippen molar-refractivity contribution in [3.8, 4) is 5.69 Å². The summed E-state index contributed by atoms with van der Waals surface area (Å²) in [6.07, 6.45) is 3.66. The first-order valence-electron chi connectivity index (χ1n) is 8.20. The predicted octanol–water partition coefficient (Wildman–Crippen LogP) is 1.79. The van der Waals surface area contributed by atoms with E-state index in [1.54, 1.807) is 10.9 Å². The van der Waals surface area contributed by atoms with E-state index in [9.17, 15) is 4.79 Å². The number of hydrogen-bond acceptors (Lipinski definition) is 4. The molecule has 0 saturated carbocycles. The largest absolute Gasteiger partial charge is 0.333 e. The molecule has 0 spiro atoms. The number of carbonyl (C=O) groups excluding carboxylic acids is 1. The maximum atomic E-state index is 12.8. The smallest absolute Gasteiger partial charge is 0.276 e. The molecule has 6 nitrogen and oxygen atoms in total. The van der Waals surface area contributed by atoms with Crippen molar-refractivity contribution in [2.45, 2.75) is 32.7 Å². The van der Waals surface area contributed by atoms with Gasteiger partial charge in [-0.2, -0.15) is 0 Å². The first kappa shape index (κ1) is 15.7. The van der Waals surface area contributed by atoms with E-state index in [0.717, 1.165) is 43.7 Å². The summed E-state index contributed by atoms with van der Waals surface area (Å²) in [5.41, 5.74) is 2.48. The minimum atomic E-state index is -0.0283. The summed E-state index contributed by atoms with van der Waals surface area (Å²) in [4.78, 5) is 14.8. The van der Waals surface area contributed by atoms with Gasteiger partial charge in [-0.05, 0) is 44.0 Å². The van der Waals surface area contributed by atoms with Crippen LogP contribution in [0.3, 0.4) is 0 Å². The van der Waals surface area contributed by atoms with E-state index < -0.39 is 0 Å². The van der Waals surface area contributed by atoms with Gasteiger partial charge in [0, 0.05) is 19.1 Å². The number of hydrogen-bond donors (Lipinski definition) is 1. The molecule has 1 aliphatic heterocycles. The third-order valence-electron chi connectivity index (χ3n) is 4.18. The Labute approximate surface area is 136 Å². The number of aryl methyl sites for hydroxylation is 1. The summed E-state index contributed by atoms with van der Waals surface area (Å²) in [7, 11) is 0. The molecule has 0 aliphatic carbocycles. The fourth-order valence-corrected chi connectivity index (χ4v) is 3.00. The predicted molar refractivity (Wildman–Crippen MR) is 88.7 cm³/mol. The average molecular weight is 313 g/mol. The van der Waals surface area contributed by atoms with Crippen molar-refractivity contribution < 1.29 is 4.79 Å².